The molecule has 160 valence electrons. The number of halogens is 1. The van der Waals surface area contributed by atoms with Crippen molar-refractivity contribution in [3.63, 3.8) is 0 Å². The van der Waals surface area contributed by atoms with Gasteiger partial charge in [-0.3, -0.25) is 14.5 Å². The van der Waals surface area contributed by atoms with Crippen molar-refractivity contribution in [3.05, 3.63) is 45.9 Å². The van der Waals surface area contributed by atoms with Crippen LogP contribution in [0.15, 0.2) is 29.6 Å². The predicted molar refractivity (Wildman–Crippen MR) is 120 cm³/mol. The van der Waals surface area contributed by atoms with E-state index in [4.69, 9.17) is 11.6 Å². The van der Waals surface area contributed by atoms with Gasteiger partial charge in [0.25, 0.3) is 5.91 Å². The van der Waals surface area contributed by atoms with Crippen LogP contribution in [-0.4, -0.2) is 52.8 Å². The second-order valence-electron chi connectivity index (χ2n) is 8.07. The maximum absolute atomic E-state index is 12.8. The van der Waals surface area contributed by atoms with E-state index in [0.29, 0.717) is 28.8 Å². The Hall–Kier alpha value is -1.96. The van der Waals surface area contributed by atoms with Crippen molar-refractivity contribution < 1.29 is 9.59 Å². The molecule has 3 heterocycles. The smallest absolute Gasteiger partial charge is 0.253 e. The summed E-state index contributed by atoms with van der Waals surface area (Å²) in [5.41, 5.74) is 1.61. The molecular formula is C22H27ClN4O2S. The lowest BCUT2D eigenvalue weighted by Gasteiger charge is -2.32. The molecule has 1 N–H and O–H groups in total. The minimum absolute atomic E-state index is 0.0533. The molecule has 0 bridgehead atoms. The molecule has 1 unspecified atom stereocenters. The first kappa shape index (κ1) is 21.3. The average Bonchev–Trinajstić information content (AvgIpc) is 3.21. The third-order valence-electron chi connectivity index (χ3n) is 5.79. The highest BCUT2D eigenvalue weighted by atomic mass is 35.5. The van der Waals surface area contributed by atoms with Gasteiger partial charge in [0.1, 0.15) is 0 Å². The maximum atomic E-state index is 12.8. The lowest BCUT2D eigenvalue weighted by atomic mass is 9.96. The number of rotatable bonds is 5. The Bertz CT molecular complexity index is 880. The molecule has 2 amide bonds. The highest BCUT2D eigenvalue weighted by Crippen LogP contribution is 2.23. The third kappa shape index (κ3) is 5.39. The topological polar surface area (TPSA) is 65.5 Å². The van der Waals surface area contributed by atoms with Gasteiger partial charge in [-0.25, -0.2) is 4.98 Å². The number of carbonyl (C=O) groups is 2. The molecule has 2 aliphatic heterocycles. The number of thiazole rings is 1. The van der Waals surface area contributed by atoms with Crippen molar-refractivity contribution in [1.29, 1.82) is 0 Å². The van der Waals surface area contributed by atoms with Crippen LogP contribution >= 0.6 is 22.9 Å². The van der Waals surface area contributed by atoms with E-state index in [-0.39, 0.29) is 17.7 Å². The molecule has 6 nitrogen and oxygen atoms in total. The summed E-state index contributed by atoms with van der Waals surface area (Å²) in [7, 11) is 0. The molecule has 1 atom stereocenters. The van der Waals surface area contributed by atoms with E-state index in [1.807, 2.05) is 5.38 Å². The van der Waals surface area contributed by atoms with Gasteiger partial charge in [0.15, 0.2) is 5.13 Å². The molecule has 1 aromatic carbocycles. The van der Waals surface area contributed by atoms with E-state index >= 15 is 0 Å². The van der Waals surface area contributed by atoms with E-state index < -0.39 is 0 Å². The highest BCUT2D eigenvalue weighted by Gasteiger charge is 2.29. The van der Waals surface area contributed by atoms with Gasteiger partial charge < -0.3 is 10.2 Å². The van der Waals surface area contributed by atoms with Crippen molar-refractivity contribution in [3.8, 4) is 0 Å². The number of benzene rings is 1. The van der Waals surface area contributed by atoms with Crippen LogP contribution in [0.3, 0.4) is 0 Å². The number of hydrogen-bond donors (Lipinski definition) is 1. The fourth-order valence-corrected chi connectivity index (χ4v) is 4.97. The van der Waals surface area contributed by atoms with Gasteiger partial charge >= 0.3 is 0 Å². The van der Waals surface area contributed by atoms with Crippen LogP contribution in [0.4, 0.5) is 5.13 Å². The van der Waals surface area contributed by atoms with Crippen LogP contribution in [0.2, 0.25) is 5.02 Å². The van der Waals surface area contributed by atoms with Gasteiger partial charge in [-0.15, -0.1) is 11.3 Å². The second-order valence-corrected chi connectivity index (χ2v) is 9.36. The van der Waals surface area contributed by atoms with Crippen LogP contribution < -0.4 is 5.32 Å². The van der Waals surface area contributed by atoms with E-state index in [9.17, 15) is 9.59 Å². The highest BCUT2D eigenvalue weighted by molar-refractivity contribution is 7.13. The molecule has 0 aliphatic carbocycles. The Morgan fingerprint density at radius 1 is 1.10 bits per heavy atom. The number of hydrogen-bond acceptors (Lipinski definition) is 5. The van der Waals surface area contributed by atoms with Crippen LogP contribution in [-0.2, 0) is 11.3 Å². The van der Waals surface area contributed by atoms with Crippen molar-refractivity contribution in [1.82, 2.24) is 14.8 Å². The summed E-state index contributed by atoms with van der Waals surface area (Å²) in [6, 6.07) is 6.89. The molecule has 30 heavy (non-hydrogen) atoms. The van der Waals surface area contributed by atoms with E-state index in [0.717, 1.165) is 38.2 Å². The first-order valence-corrected chi connectivity index (χ1v) is 11.9. The van der Waals surface area contributed by atoms with E-state index in [1.54, 1.807) is 29.2 Å². The quantitative estimate of drug-likeness (QED) is 0.744. The zero-order valence-electron chi connectivity index (χ0n) is 17.0. The van der Waals surface area contributed by atoms with Crippen LogP contribution in [0.1, 0.15) is 48.2 Å². The zero-order valence-corrected chi connectivity index (χ0v) is 18.6. The van der Waals surface area contributed by atoms with Crippen molar-refractivity contribution in [2.24, 2.45) is 5.92 Å². The molecular weight excluding hydrogens is 420 g/mol. The number of nitrogens with one attached hydrogen (secondary N) is 1. The Morgan fingerprint density at radius 3 is 2.63 bits per heavy atom. The summed E-state index contributed by atoms with van der Waals surface area (Å²) in [5, 5.41) is 6.25. The first-order valence-electron chi connectivity index (χ1n) is 10.6. The van der Waals surface area contributed by atoms with E-state index in [1.165, 1.54) is 30.6 Å². The summed E-state index contributed by atoms with van der Waals surface area (Å²) in [5.74, 6) is -0.325. The number of aromatic nitrogens is 1. The molecule has 0 radical (unpaired) electrons. The Labute approximate surface area is 186 Å². The fraction of sp³-hybridized carbons (Fsp3) is 0.500. The molecule has 0 saturated carbocycles. The van der Waals surface area contributed by atoms with Crippen LogP contribution in [0.25, 0.3) is 0 Å². The third-order valence-corrected chi connectivity index (χ3v) is 6.85. The Balaban J connectivity index is 1.32. The van der Waals surface area contributed by atoms with Crippen LogP contribution in [0.5, 0.6) is 0 Å². The summed E-state index contributed by atoms with van der Waals surface area (Å²) >= 11 is 7.39. The number of anilines is 1. The van der Waals surface area contributed by atoms with Gasteiger partial charge in [0.05, 0.1) is 11.6 Å². The number of amides is 2. The lowest BCUT2D eigenvalue weighted by molar-refractivity contribution is -0.121. The number of piperidine rings is 2. The van der Waals surface area contributed by atoms with Gasteiger partial charge in [-0.1, -0.05) is 18.0 Å². The maximum Gasteiger partial charge on any atom is 0.253 e. The monoisotopic (exact) mass is 446 g/mol. The van der Waals surface area contributed by atoms with Crippen LogP contribution in [0, 0.1) is 5.92 Å². The minimum Gasteiger partial charge on any atom is -0.338 e. The zero-order chi connectivity index (χ0) is 20.9. The molecule has 4 rings (SSSR count). The molecule has 2 saturated heterocycles. The van der Waals surface area contributed by atoms with Gasteiger partial charge in [-0.05, 0) is 63.0 Å². The standard InChI is InChI=1S/C22H27ClN4O2S/c23-18-8-6-16(7-9-18)21(29)27-12-4-5-17(13-27)20(28)25-22-24-19(15-30-22)14-26-10-2-1-3-11-26/h6-9,15,17H,1-5,10-14H2,(H,24,25,28). The summed E-state index contributed by atoms with van der Waals surface area (Å²) in [6.07, 6.45) is 5.41. The Morgan fingerprint density at radius 2 is 1.87 bits per heavy atom. The molecule has 2 aromatic rings. The summed E-state index contributed by atoms with van der Waals surface area (Å²) < 4.78 is 0. The number of likely N-dealkylation sites (tertiary alicyclic amines) is 2. The van der Waals surface area contributed by atoms with Gasteiger partial charge in [-0.2, -0.15) is 0 Å². The molecule has 8 heteroatoms. The fourth-order valence-electron chi connectivity index (χ4n) is 4.14. The number of carbonyl (C=O) groups excluding carboxylic acids is 2. The predicted octanol–water partition coefficient (Wildman–Crippen LogP) is 4.27. The SMILES string of the molecule is O=C(Nc1nc(CN2CCCCC2)cs1)C1CCCN(C(=O)c2ccc(Cl)cc2)C1. The summed E-state index contributed by atoms with van der Waals surface area (Å²) in [6.45, 7) is 4.19. The number of nitrogens with zero attached hydrogens (tertiary/aromatic N) is 3. The first-order chi connectivity index (χ1) is 14.6. The second kappa shape index (κ2) is 9.90. The van der Waals surface area contributed by atoms with Gasteiger partial charge in [0.2, 0.25) is 5.91 Å². The average molecular weight is 447 g/mol. The van der Waals surface area contributed by atoms with Crippen molar-refractivity contribution in [2.75, 3.05) is 31.5 Å². The Kier molecular flexibility index (Phi) is 7.02. The lowest BCUT2D eigenvalue weighted by Crippen LogP contribution is -2.43. The summed E-state index contributed by atoms with van der Waals surface area (Å²) in [4.78, 5) is 34.4. The molecule has 2 aliphatic rings. The molecule has 2 fully saturated rings. The molecule has 1 aromatic heterocycles. The van der Waals surface area contributed by atoms with Gasteiger partial charge in [0, 0.05) is 35.6 Å². The normalized spacial score (nSPS) is 20.2. The van der Waals surface area contributed by atoms with Crippen molar-refractivity contribution in [2.45, 2.75) is 38.6 Å². The largest absolute Gasteiger partial charge is 0.338 e. The van der Waals surface area contributed by atoms with Crippen molar-refractivity contribution >= 4 is 39.9 Å². The van der Waals surface area contributed by atoms with E-state index in [2.05, 4.69) is 15.2 Å². The molecule has 0 spiro atoms. The minimum atomic E-state index is -0.218.